The van der Waals surface area contributed by atoms with Crippen molar-refractivity contribution in [1.82, 2.24) is 5.32 Å². The molecule has 0 atom stereocenters. The molecule has 0 aliphatic heterocycles. The average Bonchev–Trinajstić information content (AvgIpc) is 2.82. The van der Waals surface area contributed by atoms with Crippen molar-refractivity contribution in [2.45, 2.75) is 13.5 Å². The molecule has 2 aromatic rings. The maximum Gasteiger partial charge on any atom is 0.263 e. The van der Waals surface area contributed by atoms with Crippen LogP contribution in [0.15, 0.2) is 24.3 Å². The molecule has 0 saturated heterocycles. The molecule has 6 heteroatoms. The van der Waals surface area contributed by atoms with Crippen LogP contribution in [0.3, 0.4) is 0 Å². The first-order valence-electron chi connectivity index (χ1n) is 6.54. The number of anilines is 2. The Balaban J connectivity index is 2.19. The molecule has 0 spiro atoms. The van der Waals surface area contributed by atoms with Crippen molar-refractivity contribution >= 4 is 27.9 Å². The van der Waals surface area contributed by atoms with Crippen molar-refractivity contribution in [3.63, 3.8) is 0 Å². The van der Waals surface area contributed by atoms with Crippen molar-refractivity contribution in [3.05, 3.63) is 40.3 Å². The van der Waals surface area contributed by atoms with Crippen molar-refractivity contribution in [2.24, 2.45) is 0 Å². The molecule has 0 radical (unpaired) electrons. The second kappa shape index (κ2) is 6.49. The van der Waals surface area contributed by atoms with Gasteiger partial charge < -0.3 is 21.1 Å². The fraction of sp³-hybridized carbons (Fsp3) is 0.267. The summed E-state index contributed by atoms with van der Waals surface area (Å²) in [6.07, 6.45) is 0. The highest BCUT2D eigenvalue weighted by atomic mass is 32.1. The SMILES string of the molecule is CNC(=O)c1sc(NCc2ccc(C)cc2)c(OC)c1N. The molecule has 0 aliphatic carbocycles. The number of rotatable bonds is 5. The molecule has 1 amide bonds. The highest BCUT2D eigenvalue weighted by Gasteiger charge is 2.20. The van der Waals surface area contributed by atoms with Crippen LogP contribution in [0.4, 0.5) is 10.7 Å². The van der Waals surface area contributed by atoms with Crippen LogP contribution in [0.2, 0.25) is 0 Å². The Morgan fingerprint density at radius 3 is 2.57 bits per heavy atom. The van der Waals surface area contributed by atoms with Gasteiger partial charge in [0.1, 0.15) is 15.6 Å². The molecular weight excluding hydrogens is 286 g/mol. The molecule has 1 aromatic heterocycles. The van der Waals surface area contributed by atoms with E-state index in [1.54, 1.807) is 14.2 Å². The zero-order chi connectivity index (χ0) is 15.4. The summed E-state index contributed by atoms with van der Waals surface area (Å²) in [6, 6.07) is 8.25. The Morgan fingerprint density at radius 1 is 1.33 bits per heavy atom. The van der Waals surface area contributed by atoms with Crippen LogP contribution in [-0.4, -0.2) is 20.1 Å². The van der Waals surface area contributed by atoms with E-state index in [1.807, 2.05) is 0 Å². The highest BCUT2D eigenvalue weighted by Crippen LogP contribution is 2.42. The zero-order valence-electron chi connectivity index (χ0n) is 12.3. The maximum atomic E-state index is 11.8. The highest BCUT2D eigenvalue weighted by molar-refractivity contribution is 7.19. The van der Waals surface area contributed by atoms with Crippen molar-refractivity contribution in [3.8, 4) is 5.75 Å². The number of hydrogen-bond donors (Lipinski definition) is 3. The number of benzene rings is 1. The third-order valence-electron chi connectivity index (χ3n) is 3.11. The summed E-state index contributed by atoms with van der Waals surface area (Å²) in [5, 5.41) is 6.61. The predicted molar refractivity (Wildman–Crippen MR) is 87.2 cm³/mol. The van der Waals surface area contributed by atoms with Gasteiger partial charge in [0.2, 0.25) is 0 Å². The number of nitrogens with two attached hydrogens (primary N) is 1. The van der Waals surface area contributed by atoms with Gasteiger partial charge in [0.05, 0.1) is 7.11 Å². The molecule has 21 heavy (non-hydrogen) atoms. The molecule has 0 unspecified atom stereocenters. The van der Waals surface area contributed by atoms with Crippen LogP contribution >= 0.6 is 11.3 Å². The summed E-state index contributed by atoms with van der Waals surface area (Å²) in [5.41, 5.74) is 8.70. The average molecular weight is 305 g/mol. The number of hydrogen-bond acceptors (Lipinski definition) is 5. The summed E-state index contributed by atoms with van der Waals surface area (Å²) >= 11 is 1.29. The number of carbonyl (C=O) groups is 1. The van der Waals surface area contributed by atoms with Crippen LogP contribution in [0, 0.1) is 6.92 Å². The molecule has 1 aromatic carbocycles. The van der Waals surface area contributed by atoms with E-state index in [-0.39, 0.29) is 5.91 Å². The van der Waals surface area contributed by atoms with Gasteiger partial charge in [-0.15, -0.1) is 11.3 Å². The second-order valence-corrected chi connectivity index (χ2v) is 5.65. The summed E-state index contributed by atoms with van der Waals surface area (Å²) in [6.45, 7) is 2.69. The van der Waals surface area contributed by atoms with Crippen LogP contribution in [0.5, 0.6) is 5.75 Å². The largest absolute Gasteiger partial charge is 0.492 e. The Labute approximate surface area is 128 Å². The monoisotopic (exact) mass is 305 g/mol. The van der Waals surface area contributed by atoms with Crippen LogP contribution in [0.25, 0.3) is 0 Å². The number of aryl methyl sites for hydroxylation is 1. The van der Waals surface area contributed by atoms with Gasteiger partial charge in [0.15, 0.2) is 5.75 Å². The minimum absolute atomic E-state index is 0.209. The molecule has 0 aliphatic rings. The van der Waals surface area contributed by atoms with Gasteiger partial charge in [-0.25, -0.2) is 0 Å². The van der Waals surface area contributed by atoms with E-state index in [2.05, 4.69) is 41.8 Å². The predicted octanol–water partition coefficient (Wildman–Crippen LogP) is 2.62. The third-order valence-corrected chi connectivity index (χ3v) is 4.25. The lowest BCUT2D eigenvalue weighted by Gasteiger charge is -2.07. The third kappa shape index (κ3) is 3.28. The summed E-state index contributed by atoms with van der Waals surface area (Å²) in [7, 11) is 3.12. The summed E-state index contributed by atoms with van der Waals surface area (Å²) in [5.74, 6) is 0.310. The molecule has 0 fully saturated rings. The summed E-state index contributed by atoms with van der Waals surface area (Å²) in [4.78, 5) is 12.2. The van der Waals surface area contributed by atoms with E-state index < -0.39 is 0 Å². The number of carbonyl (C=O) groups excluding carboxylic acids is 1. The smallest absolute Gasteiger partial charge is 0.263 e. The van der Waals surface area contributed by atoms with E-state index in [0.29, 0.717) is 22.9 Å². The Kier molecular flexibility index (Phi) is 4.70. The van der Waals surface area contributed by atoms with Crippen LogP contribution in [-0.2, 0) is 6.54 Å². The number of methoxy groups -OCH3 is 1. The number of thiophene rings is 1. The number of ether oxygens (including phenoxy) is 1. The number of amides is 1. The molecule has 1 heterocycles. The van der Waals surface area contributed by atoms with Crippen molar-refractivity contribution in [2.75, 3.05) is 25.2 Å². The first-order valence-corrected chi connectivity index (χ1v) is 7.36. The Hall–Kier alpha value is -2.21. The molecule has 0 saturated carbocycles. The summed E-state index contributed by atoms with van der Waals surface area (Å²) < 4.78 is 5.30. The normalized spacial score (nSPS) is 10.2. The van der Waals surface area contributed by atoms with E-state index in [0.717, 1.165) is 10.6 Å². The first-order chi connectivity index (χ1) is 10.1. The molecule has 5 nitrogen and oxygen atoms in total. The lowest BCUT2D eigenvalue weighted by molar-refractivity contribution is 0.0967. The standard InChI is InChI=1S/C15H19N3O2S/c1-9-4-6-10(7-5-9)8-18-15-12(20-3)11(16)13(21-15)14(19)17-2/h4-7,18H,8,16H2,1-3H3,(H,17,19). The Bertz CT molecular complexity index is 635. The van der Waals surface area contributed by atoms with Crippen molar-refractivity contribution < 1.29 is 9.53 Å². The topological polar surface area (TPSA) is 76.4 Å². The molecule has 112 valence electrons. The van der Waals surface area contributed by atoms with Crippen LogP contribution in [0.1, 0.15) is 20.8 Å². The van der Waals surface area contributed by atoms with E-state index in [1.165, 1.54) is 16.9 Å². The lowest BCUT2D eigenvalue weighted by atomic mass is 10.1. The van der Waals surface area contributed by atoms with Crippen LogP contribution < -0.4 is 21.1 Å². The van der Waals surface area contributed by atoms with Crippen molar-refractivity contribution in [1.29, 1.82) is 0 Å². The second-order valence-electron chi connectivity index (χ2n) is 4.63. The van der Waals surface area contributed by atoms with Gasteiger partial charge in [0.25, 0.3) is 5.91 Å². The first kappa shape index (κ1) is 15.2. The molecule has 0 bridgehead atoms. The Morgan fingerprint density at radius 2 is 2.00 bits per heavy atom. The van der Waals surface area contributed by atoms with E-state index in [4.69, 9.17) is 10.5 Å². The number of nitrogen functional groups attached to an aromatic ring is 1. The van der Waals surface area contributed by atoms with Gasteiger partial charge >= 0.3 is 0 Å². The zero-order valence-corrected chi connectivity index (χ0v) is 13.1. The molecule has 2 rings (SSSR count). The minimum Gasteiger partial charge on any atom is -0.492 e. The molecule has 4 N–H and O–H groups in total. The lowest BCUT2D eigenvalue weighted by Crippen LogP contribution is -2.17. The quantitative estimate of drug-likeness (QED) is 0.793. The maximum absolute atomic E-state index is 11.8. The van der Waals surface area contributed by atoms with E-state index in [9.17, 15) is 4.79 Å². The van der Waals surface area contributed by atoms with Gasteiger partial charge in [0, 0.05) is 13.6 Å². The minimum atomic E-state index is -0.209. The van der Waals surface area contributed by atoms with Gasteiger partial charge in [-0.1, -0.05) is 29.8 Å². The fourth-order valence-corrected chi connectivity index (χ4v) is 2.95. The number of nitrogens with one attached hydrogen (secondary N) is 2. The van der Waals surface area contributed by atoms with E-state index >= 15 is 0 Å². The van der Waals surface area contributed by atoms with Gasteiger partial charge in [-0.05, 0) is 12.5 Å². The fourth-order valence-electron chi connectivity index (χ4n) is 1.92. The van der Waals surface area contributed by atoms with Gasteiger partial charge in [-0.3, -0.25) is 4.79 Å². The molecular formula is C15H19N3O2S. The van der Waals surface area contributed by atoms with Gasteiger partial charge in [-0.2, -0.15) is 0 Å².